The molecule has 0 aromatic heterocycles. The van der Waals surface area contributed by atoms with Crippen LogP contribution in [-0.2, 0) is 9.59 Å². The summed E-state index contributed by atoms with van der Waals surface area (Å²) in [7, 11) is -0.227. The highest BCUT2D eigenvalue weighted by molar-refractivity contribution is 7.59. The fourth-order valence-electron chi connectivity index (χ4n) is 4.30. The van der Waals surface area contributed by atoms with Gasteiger partial charge in [-0.25, -0.2) is 0 Å². The van der Waals surface area contributed by atoms with Crippen molar-refractivity contribution in [2.24, 2.45) is 11.8 Å². The van der Waals surface area contributed by atoms with Crippen LogP contribution in [0, 0.1) is 11.8 Å². The number of hydrogen-bond donors (Lipinski definition) is 2. The number of carboxylic acids is 2. The lowest BCUT2D eigenvalue weighted by atomic mass is 9.88. The van der Waals surface area contributed by atoms with Crippen LogP contribution in [0.15, 0.2) is 0 Å². The predicted octanol–water partition coefficient (Wildman–Crippen LogP) is 4.17. The molecule has 4 atom stereocenters. The molecule has 4 nitrogen and oxygen atoms in total. The van der Waals surface area contributed by atoms with Crippen LogP contribution >= 0.6 is 7.92 Å². The van der Waals surface area contributed by atoms with Crippen LogP contribution in [0.1, 0.15) is 64.7 Å². The van der Waals surface area contributed by atoms with Crippen LogP contribution in [0.5, 0.6) is 0 Å². The Morgan fingerprint density at radius 3 is 1.73 bits per heavy atom. The Kier molecular flexibility index (Phi) is 6.67. The molecule has 4 unspecified atom stereocenters. The number of aliphatic carboxylic acids is 2. The Morgan fingerprint density at radius 2 is 1.36 bits per heavy atom. The number of carboxylic acid groups (broad SMARTS) is 2. The van der Waals surface area contributed by atoms with Crippen LogP contribution in [0.4, 0.5) is 0 Å². The van der Waals surface area contributed by atoms with Crippen molar-refractivity contribution in [3.63, 3.8) is 0 Å². The molecule has 0 aromatic carbocycles. The molecule has 0 aliphatic heterocycles. The van der Waals surface area contributed by atoms with E-state index in [0.29, 0.717) is 11.3 Å². The fourth-order valence-corrected chi connectivity index (χ4v) is 8.22. The first-order chi connectivity index (χ1) is 10.5. The van der Waals surface area contributed by atoms with Crippen molar-refractivity contribution in [3.8, 4) is 0 Å². The molecule has 0 heterocycles. The van der Waals surface area contributed by atoms with Gasteiger partial charge in [-0.1, -0.05) is 26.2 Å². The average Bonchev–Trinajstić information content (AvgIpc) is 2.52. The molecule has 0 aromatic rings. The highest BCUT2D eigenvalue weighted by atomic mass is 31.1. The van der Waals surface area contributed by atoms with E-state index in [4.69, 9.17) is 0 Å². The Morgan fingerprint density at radius 1 is 0.909 bits per heavy atom. The van der Waals surface area contributed by atoms with Crippen LogP contribution in [-0.4, -0.2) is 39.6 Å². The monoisotopic (exact) mass is 328 g/mol. The zero-order valence-electron chi connectivity index (χ0n) is 13.5. The van der Waals surface area contributed by atoms with Gasteiger partial charge in [0.25, 0.3) is 0 Å². The summed E-state index contributed by atoms with van der Waals surface area (Å²) in [5, 5.41) is 18.6. The van der Waals surface area contributed by atoms with Crippen molar-refractivity contribution in [2.75, 3.05) is 6.16 Å². The second kappa shape index (κ2) is 8.29. The zero-order chi connectivity index (χ0) is 16.1. The molecule has 0 spiro atoms. The molecule has 2 N–H and O–H groups in total. The van der Waals surface area contributed by atoms with Gasteiger partial charge in [-0.3, -0.25) is 9.59 Å². The molecule has 2 rings (SSSR count). The third-order valence-electron chi connectivity index (χ3n) is 5.41. The molecular weight excluding hydrogens is 299 g/mol. The van der Waals surface area contributed by atoms with Crippen LogP contribution in [0.3, 0.4) is 0 Å². The Labute approximate surface area is 134 Å². The highest BCUT2D eigenvalue weighted by Crippen LogP contribution is 2.57. The second-order valence-electron chi connectivity index (χ2n) is 6.95. The highest BCUT2D eigenvalue weighted by Gasteiger charge is 2.37. The molecule has 2 fully saturated rings. The van der Waals surface area contributed by atoms with E-state index in [1.54, 1.807) is 0 Å². The van der Waals surface area contributed by atoms with Gasteiger partial charge in [-0.05, 0) is 56.0 Å². The van der Waals surface area contributed by atoms with E-state index in [1.807, 2.05) is 0 Å². The number of carbonyl (C=O) groups is 2. The van der Waals surface area contributed by atoms with E-state index in [1.165, 1.54) is 6.16 Å². The third-order valence-corrected chi connectivity index (χ3v) is 9.19. The maximum Gasteiger partial charge on any atom is 0.306 e. The fraction of sp³-hybridized carbons (Fsp3) is 0.882. The van der Waals surface area contributed by atoms with Crippen molar-refractivity contribution >= 4 is 19.9 Å². The topological polar surface area (TPSA) is 74.6 Å². The van der Waals surface area contributed by atoms with Crippen molar-refractivity contribution in [1.82, 2.24) is 0 Å². The number of rotatable bonds is 6. The number of hydrogen-bond acceptors (Lipinski definition) is 2. The van der Waals surface area contributed by atoms with Gasteiger partial charge in [0.2, 0.25) is 0 Å². The summed E-state index contributed by atoms with van der Waals surface area (Å²) in [6.45, 7) is 2.20. The first kappa shape index (κ1) is 17.7. The maximum atomic E-state index is 11.3. The first-order valence-corrected chi connectivity index (χ1v) is 10.4. The lowest BCUT2D eigenvalue weighted by Gasteiger charge is -2.41. The summed E-state index contributed by atoms with van der Waals surface area (Å²) in [4.78, 5) is 22.7. The van der Waals surface area contributed by atoms with Gasteiger partial charge < -0.3 is 10.2 Å². The van der Waals surface area contributed by atoms with Gasteiger partial charge in [0, 0.05) is 0 Å². The first-order valence-electron chi connectivity index (χ1n) is 8.74. The van der Waals surface area contributed by atoms with Crippen LogP contribution in [0.2, 0.25) is 0 Å². The Bertz CT molecular complexity index is 364. The SMILES string of the molecule is CCCP(C1CCCC(C(=O)O)C1)C1CCCC(C(=O)O)C1. The van der Waals surface area contributed by atoms with Gasteiger partial charge in [0.1, 0.15) is 0 Å². The van der Waals surface area contributed by atoms with Gasteiger partial charge >= 0.3 is 11.9 Å². The molecule has 5 heteroatoms. The van der Waals surface area contributed by atoms with E-state index in [0.717, 1.165) is 57.8 Å². The van der Waals surface area contributed by atoms with Gasteiger partial charge in [-0.15, -0.1) is 7.92 Å². The summed E-state index contributed by atoms with van der Waals surface area (Å²) in [6, 6.07) is 0. The third kappa shape index (κ3) is 4.44. The molecule has 2 aliphatic rings. The maximum absolute atomic E-state index is 11.3. The average molecular weight is 328 g/mol. The Balaban J connectivity index is 2.04. The lowest BCUT2D eigenvalue weighted by molar-refractivity contribution is -0.143. The van der Waals surface area contributed by atoms with E-state index < -0.39 is 11.9 Å². The smallest absolute Gasteiger partial charge is 0.306 e. The van der Waals surface area contributed by atoms with Crippen molar-refractivity contribution in [3.05, 3.63) is 0 Å². The van der Waals surface area contributed by atoms with Crippen molar-refractivity contribution < 1.29 is 19.8 Å². The molecule has 2 saturated carbocycles. The van der Waals surface area contributed by atoms with Gasteiger partial charge in [0.15, 0.2) is 0 Å². The summed E-state index contributed by atoms with van der Waals surface area (Å²) in [5.41, 5.74) is 1.09. The predicted molar refractivity (Wildman–Crippen MR) is 88.8 cm³/mol. The van der Waals surface area contributed by atoms with E-state index in [-0.39, 0.29) is 19.8 Å². The van der Waals surface area contributed by atoms with E-state index in [9.17, 15) is 19.8 Å². The zero-order valence-corrected chi connectivity index (χ0v) is 14.4. The molecule has 22 heavy (non-hydrogen) atoms. The standard InChI is InChI=1S/C17H29O4P/c1-2-9-22(14-7-3-5-12(10-14)16(18)19)15-8-4-6-13(11-15)17(20)21/h12-15H,2-11H2,1H3,(H,18,19)(H,20,21). The quantitative estimate of drug-likeness (QED) is 0.718. The molecule has 126 valence electrons. The van der Waals surface area contributed by atoms with Gasteiger partial charge in [0.05, 0.1) is 11.8 Å². The van der Waals surface area contributed by atoms with Crippen LogP contribution in [0.25, 0.3) is 0 Å². The van der Waals surface area contributed by atoms with Crippen molar-refractivity contribution in [1.29, 1.82) is 0 Å². The molecule has 0 bridgehead atoms. The summed E-state index contributed by atoms with van der Waals surface area (Å²) in [6.07, 6.45) is 9.99. The molecule has 0 amide bonds. The lowest BCUT2D eigenvalue weighted by Crippen LogP contribution is -2.31. The minimum absolute atomic E-state index is 0.167. The molecule has 0 radical (unpaired) electrons. The molecule has 2 aliphatic carbocycles. The van der Waals surface area contributed by atoms with E-state index >= 15 is 0 Å². The van der Waals surface area contributed by atoms with Crippen molar-refractivity contribution in [2.45, 2.75) is 76.0 Å². The minimum atomic E-state index is -0.636. The Hall–Kier alpha value is -0.630. The largest absolute Gasteiger partial charge is 0.481 e. The second-order valence-corrected chi connectivity index (χ2v) is 9.89. The molecule has 0 saturated heterocycles. The van der Waals surface area contributed by atoms with Crippen LogP contribution < -0.4 is 0 Å². The summed E-state index contributed by atoms with van der Waals surface area (Å²) < 4.78 is 0. The summed E-state index contributed by atoms with van der Waals surface area (Å²) >= 11 is 0. The molecular formula is C17H29O4P. The normalized spacial score (nSPS) is 34.0. The van der Waals surface area contributed by atoms with E-state index in [2.05, 4.69) is 6.92 Å². The van der Waals surface area contributed by atoms with Gasteiger partial charge in [-0.2, -0.15) is 0 Å². The summed E-state index contributed by atoms with van der Waals surface area (Å²) in [5.74, 6) is -1.61. The minimum Gasteiger partial charge on any atom is -0.481 e.